The van der Waals surface area contributed by atoms with Gasteiger partial charge >= 0.3 is 0 Å². The molecule has 0 aliphatic carbocycles. The van der Waals surface area contributed by atoms with E-state index < -0.39 is 17.7 Å². The van der Waals surface area contributed by atoms with E-state index in [-0.39, 0.29) is 5.91 Å². The molecule has 0 saturated heterocycles. The number of benzene rings is 2. The number of amides is 1. The van der Waals surface area contributed by atoms with Crippen LogP contribution in [0.4, 0.5) is 8.78 Å². The Morgan fingerprint density at radius 3 is 2.56 bits per heavy atom. The number of ether oxygens (including phenoxy) is 2. The Hall–Kier alpha value is -2.15. The third-order valence-electron chi connectivity index (χ3n) is 3.57. The van der Waals surface area contributed by atoms with E-state index in [4.69, 9.17) is 9.47 Å². The number of hydrogen-bond donors (Lipinski definition) is 1. The molecule has 4 nitrogen and oxygen atoms in total. The highest BCUT2D eigenvalue weighted by atomic mass is 79.9. The molecule has 0 spiro atoms. The van der Waals surface area contributed by atoms with Crippen molar-refractivity contribution in [2.24, 2.45) is 0 Å². The van der Waals surface area contributed by atoms with Gasteiger partial charge in [-0.2, -0.15) is 0 Å². The van der Waals surface area contributed by atoms with E-state index >= 15 is 0 Å². The zero-order valence-electron chi connectivity index (χ0n) is 14.0. The molecule has 1 unspecified atom stereocenters. The van der Waals surface area contributed by atoms with Crippen molar-refractivity contribution >= 4 is 21.8 Å². The summed E-state index contributed by atoms with van der Waals surface area (Å²) in [6, 6.07) is 6.19. The van der Waals surface area contributed by atoms with Crippen LogP contribution in [0.2, 0.25) is 0 Å². The molecule has 0 aliphatic heterocycles. The minimum Gasteiger partial charge on any atom is -0.493 e. The average Bonchev–Trinajstić information content (AvgIpc) is 2.58. The van der Waals surface area contributed by atoms with Gasteiger partial charge in [0, 0.05) is 5.56 Å². The molecule has 0 saturated carbocycles. The number of rotatable bonds is 6. The van der Waals surface area contributed by atoms with Crippen LogP contribution in [0, 0.1) is 11.6 Å². The summed E-state index contributed by atoms with van der Waals surface area (Å²) in [4.78, 5) is 12.5. The van der Waals surface area contributed by atoms with Gasteiger partial charge in [0.2, 0.25) is 0 Å². The molecule has 2 aromatic rings. The first kappa shape index (κ1) is 19.2. The van der Waals surface area contributed by atoms with Crippen molar-refractivity contribution in [3.63, 3.8) is 0 Å². The SMILES string of the molecule is CCOc1c(Br)cc(C(=O)NC(C)c2ccc(F)c(F)c2)cc1OC. The summed E-state index contributed by atoms with van der Waals surface area (Å²) in [5, 5.41) is 2.74. The van der Waals surface area contributed by atoms with E-state index in [1.54, 1.807) is 19.1 Å². The Morgan fingerprint density at radius 1 is 1.24 bits per heavy atom. The molecule has 0 radical (unpaired) electrons. The van der Waals surface area contributed by atoms with Crippen molar-refractivity contribution in [1.82, 2.24) is 5.32 Å². The summed E-state index contributed by atoms with van der Waals surface area (Å²) in [5.41, 5.74) is 0.811. The van der Waals surface area contributed by atoms with Gasteiger partial charge in [-0.15, -0.1) is 0 Å². The Kier molecular flexibility index (Phi) is 6.36. The van der Waals surface area contributed by atoms with Crippen LogP contribution in [0.1, 0.15) is 35.8 Å². The molecule has 0 fully saturated rings. The zero-order chi connectivity index (χ0) is 18.6. The van der Waals surface area contributed by atoms with E-state index in [0.717, 1.165) is 12.1 Å². The number of nitrogens with one attached hydrogen (secondary N) is 1. The fourth-order valence-electron chi connectivity index (χ4n) is 2.28. The van der Waals surface area contributed by atoms with Gasteiger partial charge in [0.15, 0.2) is 23.1 Å². The second-order valence-electron chi connectivity index (χ2n) is 5.29. The lowest BCUT2D eigenvalue weighted by Gasteiger charge is -2.17. The summed E-state index contributed by atoms with van der Waals surface area (Å²) in [7, 11) is 1.48. The van der Waals surface area contributed by atoms with Crippen LogP contribution >= 0.6 is 15.9 Å². The highest BCUT2D eigenvalue weighted by Gasteiger charge is 2.18. The predicted molar refractivity (Wildman–Crippen MR) is 94.1 cm³/mol. The van der Waals surface area contributed by atoms with Crippen LogP contribution in [0.3, 0.4) is 0 Å². The summed E-state index contributed by atoms with van der Waals surface area (Å²) in [6.45, 7) is 3.98. The van der Waals surface area contributed by atoms with Crippen molar-refractivity contribution in [3.8, 4) is 11.5 Å². The van der Waals surface area contributed by atoms with Gasteiger partial charge in [-0.05, 0) is 59.6 Å². The molecule has 0 aromatic heterocycles. The number of methoxy groups -OCH3 is 1. The van der Waals surface area contributed by atoms with Gasteiger partial charge in [-0.1, -0.05) is 6.07 Å². The number of carbonyl (C=O) groups excluding carboxylic acids is 1. The molecule has 1 N–H and O–H groups in total. The van der Waals surface area contributed by atoms with Gasteiger partial charge in [0.25, 0.3) is 5.91 Å². The molecule has 25 heavy (non-hydrogen) atoms. The Labute approximate surface area is 153 Å². The predicted octanol–water partition coefficient (Wildman–Crippen LogP) is 4.63. The van der Waals surface area contributed by atoms with Gasteiger partial charge in [0.05, 0.1) is 24.2 Å². The van der Waals surface area contributed by atoms with E-state index in [1.807, 2.05) is 6.92 Å². The van der Waals surface area contributed by atoms with Crippen LogP contribution in [-0.4, -0.2) is 19.6 Å². The third-order valence-corrected chi connectivity index (χ3v) is 4.16. The zero-order valence-corrected chi connectivity index (χ0v) is 15.6. The number of carbonyl (C=O) groups is 1. The Bertz CT molecular complexity index is 783. The van der Waals surface area contributed by atoms with Gasteiger partial charge in [0.1, 0.15) is 0 Å². The molecule has 0 heterocycles. The van der Waals surface area contributed by atoms with Gasteiger partial charge < -0.3 is 14.8 Å². The molecule has 2 rings (SSSR count). The Morgan fingerprint density at radius 2 is 1.96 bits per heavy atom. The molecular weight excluding hydrogens is 396 g/mol. The van der Waals surface area contributed by atoms with Crippen molar-refractivity contribution in [1.29, 1.82) is 0 Å². The maximum atomic E-state index is 13.3. The number of halogens is 3. The normalized spacial score (nSPS) is 11.8. The molecule has 1 amide bonds. The van der Waals surface area contributed by atoms with E-state index in [9.17, 15) is 13.6 Å². The fraction of sp³-hybridized carbons (Fsp3) is 0.278. The second-order valence-corrected chi connectivity index (χ2v) is 6.15. The fourth-order valence-corrected chi connectivity index (χ4v) is 2.84. The standard InChI is InChI=1S/C18H18BrF2NO3/c1-4-25-17-13(19)7-12(9-16(17)24-3)18(23)22-10(2)11-5-6-14(20)15(21)8-11/h5-10H,4H2,1-3H3,(H,22,23). The van der Waals surface area contributed by atoms with Crippen molar-refractivity contribution in [2.75, 3.05) is 13.7 Å². The maximum absolute atomic E-state index is 13.3. The maximum Gasteiger partial charge on any atom is 0.251 e. The first-order chi connectivity index (χ1) is 11.9. The molecule has 1 atom stereocenters. The smallest absolute Gasteiger partial charge is 0.251 e. The first-order valence-electron chi connectivity index (χ1n) is 7.63. The van der Waals surface area contributed by atoms with E-state index in [1.165, 1.54) is 13.2 Å². The monoisotopic (exact) mass is 413 g/mol. The minimum absolute atomic E-state index is 0.349. The first-order valence-corrected chi connectivity index (χ1v) is 8.42. The molecular formula is C18H18BrF2NO3. The molecule has 134 valence electrons. The van der Waals surface area contributed by atoms with Crippen LogP contribution in [-0.2, 0) is 0 Å². The van der Waals surface area contributed by atoms with E-state index in [0.29, 0.717) is 33.7 Å². The Balaban J connectivity index is 2.22. The van der Waals surface area contributed by atoms with Crippen molar-refractivity contribution < 1.29 is 23.0 Å². The van der Waals surface area contributed by atoms with Crippen LogP contribution < -0.4 is 14.8 Å². The minimum atomic E-state index is -0.955. The average molecular weight is 414 g/mol. The summed E-state index contributed by atoms with van der Waals surface area (Å²) < 4.78 is 37.7. The van der Waals surface area contributed by atoms with Crippen LogP contribution in [0.5, 0.6) is 11.5 Å². The third kappa shape index (κ3) is 4.48. The van der Waals surface area contributed by atoms with Crippen LogP contribution in [0.15, 0.2) is 34.8 Å². The lowest BCUT2D eigenvalue weighted by Crippen LogP contribution is -2.26. The topological polar surface area (TPSA) is 47.6 Å². The summed E-state index contributed by atoms with van der Waals surface area (Å²) in [5.74, 6) is -1.33. The lowest BCUT2D eigenvalue weighted by molar-refractivity contribution is 0.0939. The highest BCUT2D eigenvalue weighted by Crippen LogP contribution is 2.36. The largest absolute Gasteiger partial charge is 0.493 e. The highest BCUT2D eigenvalue weighted by molar-refractivity contribution is 9.10. The van der Waals surface area contributed by atoms with E-state index in [2.05, 4.69) is 21.2 Å². The van der Waals surface area contributed by atoms with Crippen LogP contribution in [0.25, 0.3) is 0 Å². The lowest BCUT2D eigenvalue weighted by atomic mass is 10.1. The van der Waals surface area contributed by atoms with Gasteiger partial charge in [-0.25, -0.2) is 8.78 Å². The second kappa shape index (κ2) is 8.29. The molecule has 0 aliphatic rings. The number of hydrogen-bond acceptors (Lipinski definition) is 3. The molecule has 7 heteroatoms. The quantitative estimate of drug-likeness (QED) is 0.750. The van der Waals surface area contributed by atoms with Gasteiger partial charge in [-0.3, -0.25) is 4.79 Å². The van der Waals surface area contributed by atoms with Crippen molar-refractivity contribution in [2.45, 2.75) is 19.9 Å². The molecule has 2 aromatic carbocycles. The molecule has 0 bridgehead atoms. The summed E-state index contributed by atoms with van der Waals surface area (Å²) in [6.07, 6.45) is 0. The van der Waals surface area contributed by atoms with Crippen molar-refractivity contribution in [3.05, 3.63) is 57.6 Å². The summed E-state index contributed by atoms with van der Waals surface area (Å²) >= 11 is 3.36.